The average molecular weight is 522 g/mol. The van der Waals surface area contributed by atoms with Gasteiger partial charge in [-0.3, -0.25) is 5.32 Å². The van der Waals surface area contributed by atoms with Crippen LogP contribution in [0, 0.1) is 0 Å². The van der Waals surface area contributed by atoms with Gasteiger partial charge in [-0.2, -0.15) is 0 Å². The molecule has 2 aliphatic heterocycles. The normalized spacial score (nSPS) is 25.9. The van der Waals surface area contributed by atoms with E-state index in [0.29, 0.717) is 23.7 Å². The topological polar surface area (TPSA) is 75.3 Å². The summed E-state index contributed by atoms with van der Waals surface area (Å²) in [5.74, 6) is 0. The Hall–Kier alpha value is -3.20. The predicted molar refractivity (Wildman–Crippen MR) is 139 cm³/mol. The van der Waals surface area contributed by atoms with Crippen LogP contribution in [0.15, 0.2) is 97.6 Å². The van der Waals surface area contributed by atoms with Crippen molar-refractivity contribution in [1.82, 2.24) is 0 Å². The van der Waals surface area contributed by atoms with E-state index >= 15 is 0 Å². The van der Waals surface area contributed by atoms with Crippen molar-refractivity contribution in [2.45, 2.75) is 43.4 Å². The Morgan fingerprint density at radius 3 is 2.24 bits per heavy atom. The van der Waals surface area contributed by atoms with Crippen molar-refractivity contribution in [3.8, 4) is 0 Å². The molecule has 2 aliphatic rings. The first-order valence-electron chi connectivity index (χ1n) is 12.1. The summed E-state index contributed by atoms with van der Waals surface area (Å²) in [6.45, 7) is 4.16. The van der Waals surface area contributed by atoms with Gasteiger partial charge in [0.15, 0.2) is 12.6 Å². The summed E-state index contributed by atoms with van der Waals surface area (Å²) in [6.07, 6.45) is -2.17. The maximum atomic E-state index is 12.9. The summed E-state index contributed by atoms with van der Waals surface area (Å²) >= 11 is 5.95. The Morgan fingerprint density at radius 2 is 1.59 bits per heavy atom. The van der Waals surface area contributed by atoms with Crippen LogP contribution in [0.4, 0.5) is 10.5 Å². The Labute approximate surface area is 220 Å². The van der Waals surface area contributed by atoms with Crippen molar-refractivity contribution in [2.24, 2.45) is 0 Å². The number of rotatable bonds is 7. The van der Waals surface area contributed by atoms with Gasteiger partial charge in [0, 0.05) is 28.3 Å². The van der Waals surface area contributed by atoms with E-state index in [9.17, 15) is 4.79 Å². The van der Waals surface area contributed by atoms with Crippen LogP contribution in [-0.4, -0.2) is 37.1 Å². The van der Waals surface area contributed by atoms with Gasteiger partial charge in [-0.25, -0.2) is 4.79 Å². The molecule has 1 amide bonds. The smallest absolute Gasteiger partial charge is 0.411 e. The number of carbonyl (C=O) groups excluding carboxylic acids is 1. The van der Waals surface area contributed by atoms with Crippen LogP contribution in [0.5, 0.6) is 0 Å². The first-order valence-corrected chi connectivity index (χ1v) is 12.5. The van der Waals surface area contributed by atoms with Crippen molar-refractivity contribution >= 4 is 23.4 Å². The lowest BCUT2D eigenvalue weighted by Crippen LogP contribution is -2.58. The highest BCUT2D eigenvalue weighted by atomic mass is 35.5. The number of nitrogens with one attached hydrogen (secondary N) is 1. The number of amides is 1. The summed E-state index contributed by atoms with van der Waals surface area (Å²) < 4.78 is 31.0. The number of hydrogen-bond acceptors (Lipinski definition) is 6. The fraction of sp³-hybridized carbons (Fsp3) is 0.276. The first-order chi connectivity index (χ1) is 18.1. The van der Waals surface area contributed by atoms with Crippen LogP contribution in [-0.2, 0) is 23.7 Å². The number of halogens is 1. The third-order valence-corrected chi connectivity index (χ3v) is 6.47. The molecule has 0 radical (unpaired) electrons. The number of anilines is 1. The first kappa shape index (κ1) is 25.4. The van der Waals surface area contributed by atoms with Crippen molar-refractivity contribution < 1.29 is 28.5 Å². The van der Waals surface area contributed by atoms with Gasteiger partial charge < -0.3 is 23.7 Å². The molecule has 0 aliphatic carbocycles. The molecule has 192 valence electrons. The molecule has 37 heavy (non-hydrogen) atoms. The summed E-state index contributed by atoms with van der Waals surface area (Å²) in [4.78, 5) is 12.9. The fourth-order valence-electron chi connectivity index (χ4n) is 4.45. The largest absolute Gasteiger partial charge is 0.443 e. The summed E-state index contributed by atoms with van der Waals surface area (Å²) in [7, 11) is 0. The van der Waals surface area contributed by atoms with E-state index in [4.69, 9.17) is 35.3 Å². The number of benzene rings is 3. The Bertz CT molecular complexity index is 1180. The molecule has 7 nitrogen and oxygen atoms in total. The van der Waals surface area contributed by atoms with Crippen LogP contribution in [0.2, 0.25) is 5.02 Å². The lowest BCUT2D eigenvalue weighted by atomic mass is 9.97. The van der Waals surface area contributed by atoms with E-state index in [1.165, 1.54) is 0 Å². The van der Waals surface area contributed by atoms with Crippen LogP contribution >= 0.6 is 11.6 Å². The van der Waals surface area contributed by atoms with Crippen LogP contribution < -0.4 is 5.32 Å². The van der Waals surface area contributed by atoms with Gasteiger partial charge in [0.2, 0.25) is 0 Å². The van der Waals surface area contributed by atoms with Crippen molar-refractivity contribution in [2.75, 3.05) is 11.9 Å². The molecule has 3 aromatic rings. The molecular weight excluding hydrogens is 494 g/mol. The second-order valence-electron chi connectivity index (χ2n) is 8.79. The highest BCUT2D eigenvalue weighted by Crippen LogP contribution is 2.40. The number of hydrogen-bond donors (Lipinski definition) is 1. The minimum Gasteiger partial charge on any atom is -0.443 e. The standard InChI is InChI=1S/C29H28ClNO6/c1-2-9-23(35-29(32)31-22-16-14-21(30)15-17-22)25-26-24(34-28(37-25)20-12-7-4-8-13-20)18-33-27(36-26)19-10-5-3-6-11-19/h2-8,10-17,23-28H,1,9,18H2,(H,31,32). The molecule has 0 saturated carbocycles. The molecule has 0 aromatic heterocycles. The van der Waals surface area contributed by atoms with Crippen molar-refractivity contribution in [1.29, 1.82) is 0 Å². The SMILES string of the molecule is C=CCC(OC(=O)Nc1ccc(Cl)cc1)C1OC(c2ccccc2)OC2COC(c3ccccc3)OC21. The van der Waals surface area contributed by atoms with Crippen molar-refractivity contribution in [3.05, 3.63) is 114 Å². The van der Waals surface area contributed by atoms with Crippen LogP contribution in [0.25, 0.3) is 0 Å². The summed E-state index contributed by atoms with van der Waals surface area (Å²) in [5, 5.41) is 3.31. The zero-order valence-corrected chi connectivity index (χ0v) is 20.8. The summed E-state index contributed by atoms with van der Waals surface area (Å²) in [5.41, 5.74) is 2.29. The molecule has 3 aromatic carbocycles. The molecule has 2 saturated heterocycles. The minimum atomic E-state index is -0.693. The maximum Gasteiger partial charge on any atom is 0.411 e. The van der Waals surface area contributed by atoms with E-state index < -0.39 is 43.1 Å². The zero-order valence-electron chi connectivity index (χ0n) is 20.1. The molecule has 0 spiro atoms. The maximum absolute atomic E-state index is 12.9. The highest BCUT2D eigenvalue weighted by Gasteiger charge is 2.49. The highest BCUT2D eigenvalue weighted by molar-refractivity contribution is 6.30. The average Bonchev–Trinajstić information content (AvgIpc) is 2.94. The zero-order chi connectivity index (χ0) is 25.6. The molecule has 6 atom stereocenters. The minimum absolute atomic E-state index is 0.297. The quantitative estimate of drug-likeness (QED) is 0.361. The van der Waals surface area contributed by atoms with Gasteiger partial charge in [-0.05, 0) is 24.3 Å². The second kappa shape index (κ2) is 11.9. The van der Waals surface area contributed by atoms with Gasteiger partial charge in [0.1, 0.15) is 24.4 Å². The summed E-state index contributed by atoms with van der Waals surface area (Å²) in [6, 6.07) is 26.1. The Kier molecular flexibility index (Phi) is 8.18. The number of fused-ring (bicyclic) bond motifs is 1. The van der Waals surface area contributed by atoms with E-state index in [2.05, 4.69) is 11.9 Å². The molecule has 1 N–H and O–H groups in total. The van der Waals surface area contributed by atoms with E-state index in [1.807, 2.05) is 60.7 Å². The van der Waals surface area contributed by atoms with Crippen molar-refractivity contribution in [3.63, 3.8) is 0 Å². The predicted octanol–water partition coefficient (Wildman–Crippen LogP) is 6.43. The third-order valence-electron chi connectivity index (χ3n) is 6.22. The van der Waals surface area contributed by atoms with Gasteiger partial charge in [0.25, 0.3) is 0 Å². The third kappa shape index (κ3) is 6.21. The lowest BCUT2D eigenvalue weighted by molar-refractivity contribution is -0.372. The van der Waals surface area contributed by atoms with Gasteiger partial charge >= 0.3 is 6.09 Å². The molecule has 2 heterocycles. The molecule has 0 bridgehead atoms. The fourth-order valence-corrected chi connectivity index (χ4v) is 4.57. The van der Waals surface area contributed by atoms with E-state index in [-0.39, 0.29) is 0 Å². The Balaban J connectivity index is 1.39. The van der Waals surface area contributed by atoms with Gasteiger partial charge in [-0.1, -0.05) is 78.3 Å². The molecule has 6 unspecified atom stereocenters. The monoisotopic (exact) mass is 521 g/mol. The Morgan fingerprint density at radius 1 is 0.946 bits per heavy atom. The molecule has 8 heteroatoms. The molecule has 5 rings (SSSR count). The van der Waals surface area contributed by atoms with Gasteiger partial charge in [0.05, 0.1) is 6.61 Å². The number of carbonyl (C=O) groups is 1. The van der Waals surface area contributed by atoms with E-state index in [0.717, 1.165) is 11.1 Å². The lowest BCUT2D eigenvalue weighted by Gasteiger charge is -2.47. The van der Waals surface area contributed by atoms with Gasteiger partial charge in [-0.15, -0.1) is 6.58 Å². The van der Waals surface area contributed by atoms with Crippen LogP contribution in [0.3, 0.4) is 0 Å². The van der Waals surface area contributed by atoms with Crippen LogP contribution in [0.1, 0.15) is 30.1 Å². The molecular formula is C29H28ClNO6. The van der Waals surface area contributed by atoms with E-state index in [1.54, 1.807) is 30.3 Å². The second-order valence-corrected chi connectivity index (χ2v) is 9.23. The number of ether oxygens (including phenoxy) is 5. The molecule has 2 fully saturated rings.